The highest BCUT2D eigenvalue weighted by Crippen LogP contribution is 2.30. The first-order valence-corrected chi connectivity index (χ1v) is 7.67. The van der Waals surface area contributed by atoms with E-state index in [9.17, 15) is 13.2 Å². The third-order valence-corrected chi connectivity index (χ3v) is 3.97. The molecule has 6 heteroatoms. The molecule has 0 saturated heterocycles. The van der Waals surface area contributed by atoms with Gasteiger partial charge in [-0.05, 0) is 23.9 Å². The van der Waals surface area contributed by atoms with E-state index in [0.29, 0.717) is 23.4 Å². The Morgan fingerprint density at radius 1 is 1.33 bits per heavy atom. The molecule has 1 heterocycles. The Labute approximate surface area is 125 Å². The summed E-state index contributed by atoms with van der Waals surface area (Å²) in [6, 6.07) is 3.67. The average molecular weight is 317 g/mol. The summed E-state index contributed by atoms with van der Waals surface area (Å²) in [5.74, 6) is 0.326. The summed E-state index contributed by atoms with van der Waals surface area (Å²) < 4.78 is 43.8. The summed E-state index contributed by atoms with van der Waals surface area (Å²) in [6.45, 7) is 2.59. The first-order valence-electron chi connectivity index (χ1n) is 7.09. The lowest BCUT2D eigenvalue weighted by atomic mass is 10.1. The Kier molecular flexibility index (Phi) is 5.26. The fourth-order valence-electron chi connectivity index (χ4n) is 2.26. The molecule has 2 rings (SSSR count). The zero-order valence-electron chi connectivity index (χ0n) is 11.9. The third kappa shape index (κ3) is 4.19. The van der Waals surface area contributed by atoms with Crippen LogP contribution < -0.4 is 5.30 Å². The lowest BCUT2D eigenvalue weighted by Crippen LogP contribution is -2.15. The van der Waals surface area contributed by atoms with Crippen LogP contribution in [-0.4, -0.2) is 18.5 Å². The van der Waals surface area contributed by atoms with E-state index in [2.05, 4.69) is 21.2 Å². The number of nitrogens with zero attached hydrogens (tertiary/aromatic N) is 1. The van der Waals surface area contributed by atoms with Crippen molar-refractivity contribution < 1.29 is 17.9 Å². The molecular formula is C15H19F3NOP. The number of halogens is 3. The predicted molar refractivity (Wildman–Crippen MR) is 81.2 cm³/mol. The molecule has 0 radical (unpaired) electrons. The van der Waals surface area contributed by atoms with E-state index in [-0.39, 0.29) is 6.04 Å². The van der Waals surface area contributed by atoms with Gasteiger partial charge in [0.2, 0.25) is 5.90 Å². The smallest absolute Gasteiger partial charge is 0.416 e. The van der Waals surface area contributed by atoms with Crippen LogP contribution in [0.15, 0.2) is 23.2 Å². The van der Waals surface area contributed by atoms with Crippen LogP contribution in [0, 0.1) is 0 Å². The van der Waals surface area contributed by atoms with Gasteiger partial charge in [-0.15, -0.1) is 9.24 Å². The summed E-state index contributed by atoms with van der Waals surface area (Å²) in [4.78, 5) is 4.43. The Morgan fingerprint density at radius 3 is 2.76 bits per heavy atom. The fourth-order valence-corrected chi connectivity index (χ4v) is 2.56. The van der Waals surface area contributed by atoms with E-state index in [1.165, 1.54) is 6.07 Å². The van der Waals surface area contributed by atoms with E-state index in [1.807, 2.05) is 0 Å². The number of ether oxygens (including phenoxy) is 1. The molecule has 0 aromatic heterocycles. The average Bonchev–Trinajstić information content (AvgIpc) is 2.87. The molecule has 0 bridgehead atoms. The molecule has 0 aliphatic carbocycles. The van der Waals surface area contributed by atoms with Crippen LogP contribution in [0.25, 0.3) is 0 Å². The zero-order chi connectivity index (χ0) is 15.5. The highest BCUT2D eigenvalue weighted by atomic mass is 31.0. The SMILES string of the molecule is CCCCCC1COC(c2cc(C(F)(F)F)ccc2P)=N1. The van der Waals surface area contributed by atoms with Crippen molar-refractivity contribution >= 4 is 20.4 Å². The van der Waals surface area contributed by atoms with Crippen molar-refractivity contribution in [1.29, 1.82) is 0 Å². The molecule has 1 aliphatic rings. The van der Waals surface area contributed by atoms with Crippen molar-refractivity contribution in [3.63, 3.8) is 0 Å². The summed E-state index contributed by atoms with van der Waals surface area (Å²) in [6.07, 6.45) is -0.0970. The van der Waals surface area contributed by atoms with E-state index < -0.39 is 11.7 Å². The van der Waals surface area contributed by atoms with Gasteiger partial charge in [-0.3, -0.25) is 0 Å². The van der Waals surface area contributed by atoms with Crippen molar-refractivity contribution in [2.24, 2.45) is 4.99 Å². The molecule has 1 aromatic carbocycles. The second-order valence-corrected chi connectivity index (χ2v) is 5.82. The quantitative estimate of drug-likeness (QED) is 0.595. The van der Waals surface area contributed by atoms with Gasteiger partial charge in [-0.1, -0.05) is 32.3 Å². The molecule has 0 N–H and O–H groups in total. The highest BCUT2D eigenvalue weighted by molar-refractivity contribution is 7.27. The van der Waals surface area contributed by atoms with Gasteiger partial charge in [0.25, 0.3) is 0 Å². The summed E-state index contributed by atoms with van der Waals surface area (Å²) in [7, 11) is 2.43. The first kappa shape index (κ1) is 16.3. The van der Waals surface area contributed by atoms with Gasteiger partial charge in [-0.2, -0.15) is 13.2 Å². The number of hydrogen-bond donors (Lipinski definition) is 0. The Hall–Kier alpha value is -1.09. The minimum atomic E-state index is -4.35. The van der Waals surface area contributed by atoms with Gasteiger partial charge in [0.1, 0.15) is 6.61 Å². The maximum atomic E-state index is 12.8. The van der Waals surface area contributed by atoms with Gasteiger partial charge in [0.05, 0.1) is 11.6 Å². The number of rotatable bonds is 5. The molecule has 2 nitrogen and oxygen atoms in total. The molecule has 0 spiro atoms. The topological polar surface area (TPSA) is 21.6 Å². The Bertz CT molecular complexity index is 528. The van der Waals surface area contributed by atoms with Crippen LogP contribution in [0.4, 0.5) is 13.2 Å². The first-order chi connectivity index (χ1) is 9.91. The molecule has 2 atom stereocenters. The number of hydrogen-bond acceptors (Lipinski definition) is 2. The maximum absolute atomic E-state index is 12.8. The number of unbranched alkanes of at least 4 members (excludes halogenated alkanes) is 2. The van der Waals surface area contributed by atoms with Crippen molar-refractivity contribution in [3.8, 4) is 0 Å². The molecule has 0 amide bonds. The van der Waals surface area contributed by atoms with E-state index in [1.54, 1.807) is 0 Å². The summed E-state index contributed by atoms with van der Waals surface area (Å²) in [5, 5.41) is 0.663. The van der Waals surface area contributed by atoms with Crippen molar-refractivity contribution in [2.45, 2.75) is 44.8 Å². The highest BCUT2D eigenvalue weighted by Gasteiger charge is 2.32. The Balaban J connectivity index is 2.16. The van der Waals surface area contributed by atoms with E-state index in [4.69, 9.17) is 4.74 Å². The number of aliphatic imine (C=N–C) groups is 1. The molecule has 1 aromatic rings. The minimum absolute atomic E-state index is 0.0606. The Morgan fingerprint density at radius 2 is 2.10 bits per heavy atom. The van der Waals surface area contributed by atoms with Crippen LogP contribution in [0.2, 0.25) is 0 Å². The van der Waals surface area contributed by atoms with Gasteiger partial charge in [0, 0.05) is 5.56 Å². The minimum Gasteiger partial charge on any atom is -0.475 e. The normalized spacial score (nSPS) is 18.5. The summed E-state index contributed by atoms with van der Waals surface area (Å²) in [5.41, 5.74) is -0.266. The van der Waals surface area contributed by atoms with Gasteiger partial charge in [-0.25, -0.2) is 4.99 Å². The third-order valence-electron chi connectivity index (χ3n) is 3.46. The molecule has 116 valence electrons. The van der Waals surface area contributed by atoms with Crippen LogP contribution in [0.3, 0.4) is 0 Å². The monoisotopic (exact) mass is 317 g/mol. The van der Waals surface area contributed by atoms with Gasteiger partial charge in [0.15, 0.2) is 0 Å². The summed E-state index contributed by atoms with van der Waals surface area (Å²) >= 11 is 0. The molecule has 0 saturated carbocycles. The van der Waals surface area contributed by atoms with E-state index in [0.717, 1.165) is 37.8 Å². The molecule has 21 heavy (non-hydrogen) atoms. The van der Waals surface area contributed by atoms with Crippen LogP contribution in [0.5, 0.6) is 0 Å². The molecule has 1 aliphatic heterocycles. The maximum Gasteiger partial charge on any atom is 0.416 e. The van der Waals surface area contributed by atoms with Gasteiger partial charge < -0.3 is 4.74 Å². The van der Waals surface area contributed by atoms with Crippen molar-refractivity contribution in [1.82, 2.24) is 0 Å². The largest absolute Gasteiger partial charge is 0.475 e. The second-order valence-electron chi connectivity index (χ2n) is 5.19. The van der Waals surface area contributed by atoms with Crippen LogP contribution in [0.1, 0.15) is 43.7 Å². The lowest BCUT2D eigenvalue weighted by molar-refractivity contribution is -0.137. The zero-order valence-corrected chi connectivity index (χ0v) is 13.1. The van der Waals surface area contributed by atoms with Gasteiger partial charge >= 0.3 is 6.18 Å². The fraction of sp³-hybridized carbons (Fsp3) is 0.533. The van der Waals surface area contributed by atoms with E-state index >= 15 is 0 Å². The van der Waals surface area contributed by atoms with Crippen LogP contribution in [-0.2, 0) is 10.9 Å². The predicted octanol–water partition coefficient (Wildman–Crippen LogP) is 3.93. The molecular weight excluding hydrogens is 298 g/mol. The molecule has 2 unspecified atom stereocenters. The number of alkyl halides is 3. The number of benzene rings is 1. The standard InChI is InChI=1S/C15H19F3NOP/c1-2-3-4-5-11-9-20-14(19-11)12-8-10(15(16,17)18)6-7-13(12)21/h6-8,11H,2-5,9,21H2,1H3. The van der Waals surface area contributed by atoms with Crippen molar-refractivity contribution in [2.75, 3.05) is 6.61 Å². The second kappa shape index (κ2) is 6.78. The van der Waals surface area contributed by atoms with Crippen LogP contribution >= 0.6 is 9.24 Å². The molecule has 0 fully saturated rings. The van der Waals surface area contributed by atoms with Crippen molar-refractivity contribution in [3.05, 3.63) is 29.3 Å². The lowest BCUT2D eigenvalue weighted by Gasteiger charge is -2.10.